The van der Waals surface area contributed by atoms with Crippen LogP contribution < -0.4 is 0 Å². The van der Waals surface area contributed by atoms with E-state index in [-0.39, 0.29) is 6.10 Å². The fraction of sp³-hybridized carbons (Fsp3) is 1.00. The van der Waals surface area contributed by atoms with Crippen molar-refractivity contribution in [1.82, 2.24) is 0 Å². The molecule has 0 aromatic rings. The largest absolute Gasteiger partial charge is 0.566 e. The van der Waals surface area contributed by atoms with E-state index in [1.807, 2.05) is 6.92 Å². The maximum Gasteiger partial charge on any atom is 0.566 e. The van der Waals surface area contributed by atoms with Gasteiger partial charge >= 0.3 is 8.80 Å². The van der Waals surface area contributed by atoms with Crippen molar-refractivity contribution in [3.8, 4) is 0 Å². The van der Waals surface area contributed by atoms with E-state index in [0.29, 0.717) is 25.7 Å². The summed E-state index contributed by atoms with van der Waals surface area (Å²) in [5.41, 5.74) is -1.23. The van der Waals surface area contributed by atoms with E-state index in [9.17, 15) is 0 Å². The number of epoxide rings is 1. The summed E-state index contributed by atoms with van der Waals surface area (Å²) in [5, 5.41) is 0. The van der Waals surface area contributed by atoms with E-state index in [2.05, 4.69) is 0 Å². The van der Waals surface area contributed by atoms with Gasteiger partial charge in [-0.2, -0.15) is 0 Å². The minimum atomic E-state index is -3.33. The van der Waals surface area contributed by atoms with Crippen LogP contribution in [0.4, 0.5) is 0 Å². The van der Waals surface area contributed by atoms with Crippen LogP contribution in [0.15, 0.2) is 0 Å². The average molecular weight is 397 g/mol. The van der Waals surface area contributed by atoms with Crippen LogP contribution in [0.1, 0.15) is 32.6 Å². The fourth-order valence-electron chi connectivity index (χ4n) is 3.04. The molecule has 0 bridgehead atoms. The lowest BCUT2D eigenvalue weighted by Crippen LogP contribution is -2.71. The van der Waals surface area contributed by atoms with Crippen molar-refractivity contribution < 1.29 is 37.0 Å². The summed E-state index contributed by atoms with van der Waals surface area (Å²) in [5.74, 6) is 0. The highest BCUT2D eigenvalue weighted by Crippen LogP contribution is 2.34. The lowest BCUT2D eigenvalue weighted by Gasteiger charge is -2.45. The van der Waals surface area contributed by atoms with Gasteiger partial charge in [0, 0.05) is 48.8 Å². The number of unbranched alkanes of at least 4 members (excludes halogenated alkanes) is 2. The second-order valence-electron chi connectivity index (χ2n) is 6.11. The molecule has 0 saturated carbocycles. The highest BCUT2D eigenvalue weighted by molar-refractivity contribution is 6.63. The lowest BCUT2D eigenvalue weighted by atomic mass is 10.2. The van der Waals surface area contributed by atoms with Gasteiger partial charge in [0.25, 0.3) is 5.41 Å². The molecule has 2 unspecified atom stereocenters. The molecular formula is C17H36O8Si. The molecule has 0 aromatic heterocycles. The molecule has 1 rings (SSSR count). The summed E-state index contributed by atoms with van der Waals surface area (Å²) < 4.78 is 45.2. The third-order valence-corrected chi connectivity index (χ3v) is 7.82. The van der Waals surface area contributed by atoms with Crippen LogP contribution in [0.3, 0.4) is 0 Å². The van der Waals surface area contributed by atoms with Crippen molar-refractivity contribution >= 4 is 8.80 Å². The molecule has 26 heavy (non-hydrogen) atoms. The number of rotatable bonds is 17. The Bertz CT molecular complexity index is 355. The van der Waals surface area contributed by atoms with Gasteiger partial charge in [0.1, 0.15) is 12.2 Å². The predicted molar refractivity (Wildman–Crippen MR) is 98.0 cm³/mol. The van der Waals surface area contributed by atoms with Crippen LogP contribution in [0.2, 0.25) is 0 Å². The van der Waals surface area contributed by atoms with Crippen molar-refractivity contribution in [2.45, 2.75) is 50.2 Å². The van der Waals surface area contributed by atoms with Gasteiger partial charge in [-0.05, 0) is 25.7 Å². The fourth-order valence-corrected chi connectivity index (χ4v) is 5.84. The van der Waals surface area contributed by atoms with Crippen molar-refractivity contribution in [3.05, 3.63) is 0 Å². The first-order valence-corrected chi connectivity index (χ1v) is 10.9. The van der Waals surface area contributed by atoms with Gasteiger partial charge in [0.05, 0.1) is 13.2 Å². The smallest absolute Gasteiger partial charge is 0.379 e. The minimum absolute atomic E-state index is 0.317. The minimum Gasteiger partial charge on any atom is -0.379 e. The molecule has 2 atom stereocenters. The van der Waals surface area contributed by atoms with E-state index >= 15 is 0 Å². The van der Waals surface area contributed by atoms with E-state index in [1.54, 1.807) is 35.5 Å². The van der Waals surface area contributed by atoms with Gasteiger partial charge < -0.3 is 37.0 Å². The molecule has 1 fully saturated rings. The zero-order valence-corrected chi connectivity index (χ0v) is 18.1. The summed E-state index contributed by atoms with van der Waals surface area (Å²) in [6, 6.07) is 0. The Balaban J connectivity index is 2.53. The molecule has 0 aromatic carbocycles. The monoisotopic (exact) mass is 396 g/mol. The maximum absolute atomic E-state index is 6.12. The van der Waals surface area contributed by atoms with Crippen molar-refractivity contribution in [1.29, 1.82) is 0 Å². The van der Waals surface area contributed by atoms with Crippen molar-refractivity contribution in [3.63, 3.8) is 0 Å². The first-order chi connectivity index (χ1) is 12.6. The van der Waals surface area contributed by atoms with Crippen molar-refractivity contribution in [2.24, 2.45) is 0 Å². The second kappa shape index (κ2) is 12.4. The molecule has 156 valence electrons. The zero-order chi connectivity index (χ0) is 19.5. The lowest BCUT2D eigenvalue weighted by molar-refractivity contribution is -0.247. The topological polar surface area (TPSA) is 77.1 Å². The average Bonchev–Trinajstić information content (AvgIpc) is 3.50. The van der Waals surface area contributed by atoms with E-state index in [4.69, 9.17) is 37.0 Å². The van der Waals surface area contributed by atoms with Crippen LogP contribution in [-0.4, -0.2) is 88.4 Å². The van der Waals surface area contributed by atoms with Crippen LogP contribution in [-0.2, 0) is 37.0 Å². The molecule has 1 aliphatic rings. The van der Waals surface area contributed by atoms with E-state index in [1.165, 1.54) is 0 Å². The molecule has 8 nitrogen and oxygen atoms in total. The van der Waals surface area contributed by atoms with Gasteiger partial charge in [-0.3, -0.25) is 0 Å². The Labute approximate surface area is 158 Å². The van der Waals surface area contributed by atoms with E-state index in [0.717, 1.165) is 32.5 Å². The maximum atomic E-state index is 6.12. The standard InChI is InChI=1S/C17H36O8Si/c1-7-16(18-2)17(19-3,20-4)26(21-5,22-6)25-12-10-8-9-11-23-13-15-14-24-15/h15-16H,7-14H2,1-6H3. The Hall–Kier alpha value is -0.103. The molecule has 0 aliphatic carbocycles. The summed E-state index contributed by atoms with van der Waals surface area (Å²) in [4.78, 5) is 0. The molecule has 0 spiro atoms. The van der Waals surface area contributed by atoms with Crippen LogP contribution in [0, 0.1) is 0 Å². The highest BCUT2D eigenvalue weighted by atomic mass is 28.4. The van der Waals surface area contributed by atoms with Gasteiger partial charge in [0.15, 0.2) is 0 Å². The number of hydrogen-bond donors (Lipinski definition) is 0. The Morgan fingerprint density at radius 1 is 1.00 bits per heavy atom. The molecule has 1 heterocycles. The first-order valence-electron chi connectivity index (χ1n) is 9.16. The summed E-state index contributed by atoms with van der Waals surface area (Å²) in [6.07, 6.45) is 3.40. The summed E-state index contributed by atoms with van der Waals surface area (Å²) in [7, 11) is 4.49. The predicted octanol–water partition coefficient (Wildman–Crippen LogP) is 1.77. The Morgan fingerprint density at radius 3 is 2.08 bits per heavy atom. The SMILES string of the molecule is CCC(OC)C(OC)(OC)[Si](OC)(OC)OCCCCCOCC1CO1. The Kier molecular flexibility index (Phi) is 11.4. The summed E-state index contributed by atoms with van der Waals surface area (Å²) >= 11 is 0. The molecule has 1 aliphatic heterocycles. The van der Waals surface area contributed by atoms with Gasteiger partial charge in [-0.15, -0.1) is 0 Å². The van der Waals surface area contributed by atoms with Gasteiger partial charge in [-0.1, -0.05) is 6.92 Å². The highest BCUT2D eigenvalue weighted by Gasteiger charge is 2.67. The van der Waals surface area contributed by atoms with Crippen molar-refractivity contribution in [2.75, 3.05) is 62.0 Å². The number of ether oxygens (including phenoxy) is 5. The molecule has 0 N–H and O–H groups in total. The number of methoxy groups -OCH3 is 3. The van der Waals surface area contributed by atoms with Crippen LogP contribution >= 0.6 is 0 Å². The molecule has 1 saturated heterocycles. The summed E-state index contributed by atoms with van der Waals surface area (Å²) in [6.45, 7) is 4.72. The zero-order valence-electron chi connectivity index (χ0n) is 17.1. The molecule has 9 heteroatoms. The quantitative estimate of drug-likeness (QED) is 0.159. The second-order valence-corrected chi connectivity index (χ2v) is 9.03. The molecule has 0 radical (unpaired) electrons. The van der Waals surface area contributed by atoms with Crippen LogP contribution in [0.25, 0.3) is 0 Å². The Morgan fingerprint density at radius 2 is 1.62 bits per heavy atom. The first kappa shape index (κ1) is 23.9. The molecular weight excluding hydrogens is 360 g/mol. The van der Waals surface area contributed by atoms with Crippen LogP contribution in [0.5, 0.6) is 0 Å². The van der Waals surface area contributed by atoms with Gasteiger partial charge in [0.2, 0.25) is 0 Å². The third kappa shape index (κ3) is 5.95. The normalized spacial score (nSPS) is 18.9. The third-order valence-electron chi connectivity index (χ3n) is 4.58. The van der Waals surface area contributed by atoms with E-state index < -0.39 is 14.2 Å². The molecule has 0 amide bonds. The number of hydrogen-bond acceptors (Lipinski definition) is 8. The van der Waals surface area contributed by atoms with Gasteiger partial charge in [-0.25, -0.2) is 0 Å².